The van der Waals surface area contributed by atoms with Crippen molar-refractivity contribution in [1.29, 1.82) is 0 Å². The molecule has 0 amide bonds. The molecule has 1 fully saturated rings. The van der Waals surface area contributed by atoms with Crippen LogP contribution in [0.3, 0.4) is 0 Å². The lowest BCUT2D eigenvalue weighted by molar-refractivity contribution is -0.130. The Morgan fingerprint density at radius 1 is 1.03 bits per heavy atom. The number of carboxylic acid groups (broad SMARTS) is 1. The molecule has 3 rings (SSSR count). The van der Waals surface area contributed by atoms with Crippen molar-refractivity contribution in [2.75, 3.05) is 32.8 Å². The number of hydrogen-bond donors (Lipinski definition) is 1. The predicted molar refractivity (Wildman–Crippen MR) is 115 cm³/mol. The van der Waals surface area contributed by atoms with Crippen LogP contribution in [-0.4, -0.2) is 48.8 Å². The molecule has 1 N–H and O–H groups in total. The Hall–Kier alpha value is -2.79. The lowest BCUT2D eigenvalue weighted by atomic mass is 10.0. The number of nitrogens with zero attached hydrogens (tertiary/aromatic N) is 1. The van der Waals surface area contributed by atoms with Gasteiger partial charge in [-0.25, -0.2) is 4.79 Å². The van der Waals surface area contributed by atoms with Crippen molar-refractivity contribution in [3.8, 4) is 11.5 Å². The minimum absolute atomic E-state index is 0.242. The second-order valence-electron chi connectivity index (χ2n) is 7.12. The SMILES string of the molecule is CCOc1cc(/C=C(\C(=O)O)c2ccccc2)ccc1OCCN1CCCCC1. The Morgan fingerprint density at radius 2 is 1.79 bits per heavy atom. The molecule has 1 aliphatic heterocycles. The predicted octanol–water partition coefficient (Wildman–Crippen LogP) is 4.58. The highest BCUT2D eigenvalue weighted by Crippen LogP contribution is 2.30. The second kappa shape index (κ2) is 10.7. The van der Waals surface area contributed by atoms with Gasteiger partial charge in [-0.05, 0) is 62.2 Å². The largest absolute Gasteiger partial charge is 0.490 e. The summed E-state index contributed by atoms with van der Waals surface area (Å²) in [4.78, 5) is 14.2. The molecule has 2 aromatic carbocycles. The molecule has 0 saturated carbocycles. The molecule has 1 aliphatic rings. The van der Waals surface area contributed by atoms with E-state index in [1.807, 2.05) is 43.3 Å². The summed E-state index contributed by atoms with van der Waals surface area (Å²) in [6.07, 6.45) is 5.51. The van der Waals surface area contributed by atoms with Crippen molar-refractivity contribution >= 4 is 17.6 Å². The molecule has 0 aliphatic carbocycles. The zero-order chi connectivity index (χ0) is 20.5. The van der Waals surface area contributed by atoms with Gasteiger partial charge in [0, 0.05) is 6.54 Å². The molecule has 29 heavy (non-hydrogen) atoms. The maximum atomic E-state index is 11.7. The van der Waals surface area contributed by atoms with Gasteiger partial charge in [0.15, 0.2) is 11.5 Å². The summed E-state index contributed by atoms with van der Waals surface area (Å²) in [6.45, 7) is 6.24. The van der Waals surface area contributed by atoms with Crippen molar-refractivity contribution < 1.29 is 19.4 Å². The molecule has 154 valence electrons. The minimum Gasteiger partial charge on any atom is -0.490 e. The number of rotatable bonds is 9. The number of aliphatic carboxylic acids is 1. The van der Waals surface area contributed by atoms with Gasteiger partial charge in [0.25, 0.3) is 0 Å². The Balaban J connectivity index is 1.74. The number of carbonyl (C=O) groups is 1. The van der Waals surface area contributed by atoms with E-state index in [0.29, 0.717) is 30.3 Å². The fraction of sp³-hybridized carbons (Fsp3) is 0.375. The summed E-state index contributed by atoms with van der Waals surface area (Å²) in [5.74, 6) is 0.367. The maximum absolute atomic E-state index is 11.7. The first-order chi connectivity index (χ1) is 14.2. The number of benzene rings is 2. The molecule has 1 saturated heterocycles. The van der Waals surface area contributed by atoms with E-state index in [1.165, 1.54) is 19.3 Å². The van der Waals surface area contributed by atoms with E-state index in [9.17, 15) is 9.90 Å². The number of hydrogen-bond acceptors (Lipinski definition) is 4. The highest BCUT2D eigenvalue weighted by Gasteiger charge is 2.13. The molecule has 5 nitrogen and oxygen atoms in total. The smallest absolute Gasteiger partial charge is 0.336 e. The van der Waals surface area contributed by atoms with Crippen LogP contribution in [0.15, 0.2) is 48.5 Å². The molecule has 0 spiro atoms. The van der Waals surface area contributed by atoms with Crippen LogP contribution < -0.4 is 9.47 Å². The Labute approximate surface area is 172 Å². The van der Waals surface area contributed by atoms with Crippen molar-refractivity contribution in [3.63, 3.8) is 0 Å². The van der Waals surface area contributed by atoms with Crippen LogP contribution in [0.5, 0.6) is 11.5 Å². The van der Waals surface area contributed by atoms with Crippen LogP contribution in [0.25, 0.3) is 11.6 Å². The zero-order valence-corrected chi connectivity index (χ0v) is 17.0. The molecule has 0 radical (unpaired) electrons. The normalized spacial score (nSPS) is 15.1. The van der Waals surface area contributed by atoms with Crippen LogP contribution in [0.1, 0.15) is 37.3 Å². The van der Waals surface area contributed by atoms with Gasteiger partial charge < -0.3 is 14.6 Å². The number of piperidine rings is 1. The Kier molecular flexibility index (Phi) is 7.70. The molecule has 5 heteroatoms. The first-order valence-corrected chi connectivity index (χ1v) is 10.3. The molecule has 0 unspecified atom stereocenters. The fourth-order valence-corrected chi connectivity index (χ4v) is 3.52. The van der Waals surface area contributed by atoms with Crippen LogP contribution in [0.2, 0.25) is 0 Å². The van der Waals surface area contributed by atoms with Gasteiger partial charge in [-0.1, -0.05) is 42.8 Å². The molecule has 1 heterocycles. The van der Waals surface area contributed by atoms with E-state index in [1.54, 1.807) is 18.2 Å². The number of carboxylic acids is 1. The molecule has 0 bridgehead atoms. The van der Waals surface area contributed by atoms with E-state index in [4.69, 9.17) is 9.47 Å². The third-order valence-corrected chi connectivity index (χ3v) is 5.01. The molecule has 0 atom stereocenters. The van der Waals surface area contributed by atoms with Crippen LogP contribution in [-0.2, 0) is 4.79 Å². The molecular formula is C24H29NO4. The lowest BCUT2D eigenvalue weighted by Crippen LogP contribution is -2.33. The highest BCUT2D eigenvalue weighted by molar-refractivity contribution is 6.20. The van der Waals surface area contributed by atoms with Crippen LogP contribution in [0, 0.1) is 0 Å². The number of likely N-dealkylation sites (tertiary alicyclic amines) is 1. The summed E-state index contributed by atoms with van der Waals surface area (Å²) in [5.41, 5.74) is 1.67. The van der Waals surface area contributed by atoms with Gasteiger partial charge in [-0.2, -0.15) is 0 Å². The summed E-state index contributed by atoms with van der Waals surface area (Å²) < 4.78 is 11.7. The van der Waals surface area contributed by atoms with Crippen LogP contribution in [0.4, 0.5) is 0 Å². The average molecular weight is 395 g/mol. The van der Waals surface area contributed by atoms with Gasteiger partial charge in [-0.15, -0.1) is 0 Å². The first kappa shape index (κ1) is 20.9. The number of ether oxygens (including phenoxy) is 2. The average Bonchev–Trinajstić information content (AvgIpc) is 2.75. The van der Waals surface area contributed by atoms with Crippen molar-refractivity contribution in [2.24, 2.45) is 0 Å². The van der Waals surface area contributed by atoms with Gasteiger partial charge in [0.2, 0.25) is 0 Å². The topological polar surface area (TPSA) is 59.0 Å². The summed E-state index contributed by atoms with van der Waals surface area (Å²) >= 11 is 0. The van der Waals surface area contributed by atoms with Crippen LogP contribution >= 0.6 is 0 Å². The molecular weight excluding hydrogens is 366 g/mol. The van der Waals surface area contributed by atoms with Gasteiger partial charge in [-0.3, -0.25) is 4.90 Å². The van der Waals surface area contributed by atoms with Crippen molar-refractivity contribution in [1.82, 2.24) is 4.90 Å². The summed E-state index contributed by atoms with van der Waals surface area (Å²) in [6, 6.07) is 14.7. The van der Waals surface area contributed by atoms with Crippen molar-refractivity contribution in [3.05, 3.63) is 59.7 Å². The van der Waals surface area contributed by atoms with E-state index in [2.05, 4.69) is 4.90 Å². The zero-order valence-electron chi connectivity index (χ0n) is 17.0. The van der Waals surface area contributed by atoms with E-state index >= 15 is 0 Å². The monoisotopic (exact) mass is 395 g/mol. The summed E-state index contributed by atoms with van der Waals surface area (Å²) in [5, 5.41) is 9.63. The second-order valence-corrected chi connectivity index (χ2v) is 7.12. The van der Waals surface area contributed by atoms with Gasteiger partial charge in [0.05, 0.1) is 12.2 Å². The van der Waals surface area contributed by atoms with E-state index < -0.39 is 5.97 Å². The fourth-order valence-electron chi connectivity index (χ4n) is 3.52. The quantitative estimate of drug-likeness (QED) is 0.498. The Morgan fingerprint density at radius 3 is 2.48 bits per heavy atom. The van der Waals surface area contributed by atoms with Crippen molar-refractivity contribution in [2.45, 2.75) is 26.2 Å². The van der Waals surface area contributed by atoms with Gasteiger partial charge >= 0.3 is 5.97 Å². The Bertz CT molecular complexity index is 826. The third kappa shape index (κ3) is 6.09. The minimum atomic E-state index is -0.962. The maximum Gasteiger partial charge on any atom is 0.336 e. The first-order valence-electron chi connectivity index (χ1n) is 10.3. The molecule has 0 aromatic heterocycles. The highest BCUT2D eigenvalue weighted by atomic mass is 16.5. The van der Waals surface area contributed by atoms with Gasteiger partial charge in [0.1, 0.15) is 6.61 Å². The van der Waals surface area contributed by atoms with E-state index in [-0.39, 0.29) is 5.57 Å². The standard InChI is InChI=1S/C24H29NO4/c1-2-28-23-18-19(17-21(24(26)27)20-9-5-3-6-10-20)11-12-22(23)29-16-15-25-13-7-4-8-14-25/h3,5-6,9-12,17-18H,2,4,7-8,13-16H2,1H3,(H,26,27)/b21-17-. The lowest BCUT2D eigenvalue weighted by Gasteiger charge is -2.26. The molecule has 2 aromatic rings. The van der Waals surface area contributed by atoms with E-state index in [0.717, 1.165) is 25.2 Å². The third-order valence-electron chi connectivity index (χ3n) is 5.01. The summed E-state index contributed by atoms with van der Waals surface area (Å²) in [7, 11) is 0.